The molecule has 1 fully saturated rings. The van der Waals surface area contributed by atoms with Crippen LogP contribution in [0.5, 0.6) is 0 Å². The van der Waals surface area contributed by atoms with Gasteiger partial charge in [-0.2, -0.15) is 0 Å². The summed E-state index contributed by atoms with van der Waals surface area (Å²) in [7, 11) is 0. The molecule has 3 nitrogen and oxygen atoms in total. The molecule has 21 heavy (non-hydrogen) atoms. The summed E-state index contributed by atoms with van der Waals surface area (Å²) in [4.78, 5) is 2.74. The maximum Gasteiger partial charge on any atom is 0.0472 e. The number of hydrogen-bond acceptors (Lipinski definition) is 3. The molecule has 0 amide bonds. The molecule has 0 aromatic heterocycles. The van der Waals surface area contributed by atoms with Crippen LogP contribution >= 0.6 is 0 Å². The third kappa shape index (κ3) is 6.66. The Morgan fingerprint density at radius 2 is 1.86 bits per heavy atom. The Balaban J connectivity index is 2.65. The molecule has 1 atom stereocenters. The molecule has 1 aliphatic rings. The minimum Gasteiger partial charge on any atom is -0.381 e. The van der Waals surface area contributed by atoms with E-state index in [1.165, 1.54) is 51.6 Å². The van der Waals surface area contributed by atoms with Crippen molar-refractivity contribution in [1.29, 1.82) is 0 Å². The summed E-state index contributed by atoms with van der Waals surface area (Å²) in [5.74, 6) is 0. The average molecular weight is 299 g/mol. The largest absolute Gasteiger partial charge is 0.381 e. The lowest BCUT2D eigenvalue weighted by Crippen LogP contribution is -2.49. The van der Waals surface area contributed by atoms with Gasteiger partial charge in [0.1, 0.15) is 0 Å². The van der Waals surface area contributed by atoms with E-state index in [0.717, 1.165) is 26.3 Å². The summed E-state index contributed by atoms with van der Waals surface area (Å²) >= 11 is 0. The van der Waals surface area contributed by atoms with Gasteiger partial charge in [-0.1, -0.05) is 27.2 Å². The number of unbranched alkanes of at least 4 members (excludes halogenated alkanes) is 1. The van der Waals surface area contributed by atoms with Crippen LogP contribution in [-0.2, 0) is 4.74 Å². The third-order valence-electron chi connectivity index (χ3n) is 5.03. The van der Waals surface area contributed by atoms with E-state index >= 15 is 0 Å². The van der Waals surface area contributed by atoms with Crippen LogP contribution < -0.4 is 5.32 Å². The van der Waals surface area contributed by atoms with Crippen molar-refractivity contribution in [2.45, 2.75) is 72.3 Å². The molecule has 0 aromatic rings. The average Bonchev–Trinajstić information content (AvgIpc) is 2.52. The highest BCUT2D eigenvalue weighted by atomic mass is 16.5. The lowest BCUT2D eigenvalue weighted by Gasteiger charge is -2.43. The van der Waals surface area contributed by atoms with Crippen molar-refractivity contribution in [2.75, 3.05) is 39.4 Å². The minimum absolute atomic E-state index is 0.421. The van der Waals surface area contributed by atoms with Gasteiger partial charge in [0, 0.05) is 32.3 Å². The summed E-state index contributed by atoms with van der Waals surface area (Å²) in [6.07, 6.45) is 7.50. The first-order valence-electron chi connectivity index (χ1n) is 9.20. The lowest BCUT2D eigenvalue weighted by atomic mass is 9.79. The Bertz CT molecular complexity index is 252. The number of nitrogens with zero attached hydrogens (tertiary/aromatic N) is 1. The standard InChI is InChI=1S/C18H38N2O/c1-5-8-12-20(17(4)7-3)16-18(15-19-11-6-2)9-13-21-14-10-18/h17,19H,5-16H2,1-4H3. The first kappa shape index (κ1) is 18.9. The van der Waals surface area contributed by atoms with Gasteiger partial charge in [-0.25, -0.2) is 0 Å². The first-order chi connectivity index (χ1) is 10.2. The van der Waals surface area contributed by atoms with Crippen LogP contribution in [0.25, 0.3) is 0 Å². The SMILES string of the molecule is CCCCN(CC1(CNCCC)CCOCC1)C(C)CC. The summed E-state index contributed by atoms with van der Waals surface area (Å²) in [6.45, 7) is 15.9. The Labute approximate surface area is 132 Å². The van der Waals surface area contributed by atoms with Gasteiger partial charge in [0.2, 0.25) is 0 Å². The summed E-state index contributed by atoms with van der Waals surface area (Å²) in [6, 6.07) is 0.697. The fraction of sp³-hybridized carbons (Fsp3) is 1.00. The third-order valence-corrected chi connectivity index (χ3v) is 5.03. The zero-order valence-electron chi connectivity index (χ0n) is 14.9. The monoisotopic (exact) mass is 298 g/mol. The molecule has 3 heteroatoms. The van der Waals surface area contributed by atoms with E-state index in [-0.39, 0.29) is 0 Å². The maximum absolute atomic E-state index is 5.63. The molecule has 0 saturated carbocycles. The van der Waals surface area contributed by atoms with Gasteiger partial charge in [-0.3, -0.25) is 0 Å². The van der Waals surface area contributed by atoms with Crippen molar-refractivity contribution in [3.8, 4) is 0 Å². The molecule has 126 valence electrons. The summed E-state index contributed by atoms with van der Waals surface area (Å²) in [5, 5.41) is 3.68. The highest BCUT2D eigenvalue weighted by molar-refractivity contribution is 4.88. The molecular formula is C18H38N2O. The van der Waals surface area contributed by atoms with Crippen LogP contribution in [0.2, 0.25) is 0 Å². The summed E-state index contributed by atoms with van der Waals surface area (Å²) in [5.41, 5.74) is 0.421. The molecule has 1 aliphatic heterocycles. The maximum atomic E-state index is 5.63. The van der Waals surface area contributed by atoms with Gasteiger partial charge in [0.05, 0.1) is 0 Å². The molecule has 0 spiro atoms. The van der Waals surface area contributed by atoms with E-state index in [0.29, 0.717) is 11.5 Å². The second-order valence-electron chi connectivity index (χ2n) is 6.87. The van der Waals surface area contributed by atoms with Gasteiger partial charge in [0.15, 0.2) is 0 Å². The molecule has 0 bridgehead atoms. The molecule has 1 rings (SSSR count). The topological polar surface area (TPSA) is 24.5 Å². The normalized spacial score (nSPS) is 19.9. The quantitative estimate of drug-likeness (QED) is 0.589. The fourth-order valence-electron chi connectivity index (χ4n) is 3.23. The number of rotatable bonds is 11. The van der Waals surface area contributed by atoms with Crippen LogP contribution in [0, 0.1) is 5.41 Å². The van der Waals surface area contributed by atoms with E-state index in [9.17, 15) is 0 Å². The van der Waals surface area contributed by atoms with Crippen molar-refractivity contribution in [2.24, 2.45) is 5.41 Å². The number of ether oxygens (including phenoxy) is 1. The van der Waals surface area contributed by atoms with Gasteiger partial charge >= 0.3 is 0 Å². The summed E-state index contributed by atoms with van der Waals surface area (Å²) < 4.78 is 5.63. The Morgan fingerprint density at radius 1 is 1.14 bits per heavy atom. The van der Waals surface area contributed by atoms with E-state index in [2.05, 4.69) is 37.9 Å². The first-order valence-corrected chi connectivity index (χ1v) is 9.20. The van der Waals surface area contributed by atoms with Gasteiger partial charge in [-0.15, -0.1) is 0 Å². The Morgan fingerprint density at radius 3 is 2.43 bits per heavy atom. The highest BCUT2D eigenvalue weighted by Gasteiger charge is 2.34. The second-order valence-corrected chi connectivity index (χ2v) is 6.87. The zero-order chi connectivity index (χ0) is 15.6. The van der Waals surface area contributed by atoms with E-state index < -0.39 is 0 Å². The Kier molecular flexibility index (Phi) is 9.54. The Hall–Kier alpha value is -0.120. The predicted molar refractivity (Wildman–Crippen MR) is 91.9 cm³/mol. The van der Waals surface area contributed by atoms with E-state index in [1.807, 2.05) is 0 Å². The van der Waals surface area contributed by atoms with Crippen molar-refractivity contribution >= 4 is 0 Å². The minimum atomic E-state index is 0.421. The molecular weight excluding hydrogens is 260 g/mol. The van der Waals surface area contributed by atoms with Crippen LogP contribution in [0.4, 0.5) is 0 Å². The van der Waals surface area contributed by atoms with Crippen molar-refractivity contribution in [1.82, 2.24) is 10.2 Å². The van der Waals surface area contributed by atoms with Crippen LogP contribution in [-0.4, -0.2) is 50.3 Å². The number of nitrogens with one attached hydrogen (secondary N) is 1. The smallest absolute Gasteiger partial charge is 0.0472 e. The molecule has 0 radical (unpaired) electrons. The van der Waals surface area contributed by atoms with Crippen LogP contribution in [0.1, 0.15) is 66.2 Å². The van der Waals surface area contributed by atoms with Crippen molar-refractivity contribution in [3.63, 3.8) is 0 Å². The van der Waals surface area contributed by atoms with Gasteiger partial charge in [0.25, 0.3) is 0 Å². The van der Waals surface area contributed by atoms with E-state index in [1.54, 1.807) is 0 Å². The molecule has 0 aromatic carbocycles. The molecule has 1 N–H and O–H groups in total. The zero-order valence-corrected chi connectivity index (χ0v) is 14.9. The van der Waals surface area contributed by atoms with Crippen molar-refractivity contribution < 1.29 is 4.74 Å². The van der Waals surface area contributed by atoms with Crippen molar-refractivity contribution in [3.05, 3.63) is 0 Å². The highest BCUT2D eigenvalue weighted by Crippen LogP contribution is 2.32. The molecule has 1 heterocycles. The van der Waals surface area contributed by atoms with E-state index in [4.69, 9.17) is 4.74 Å². The molecule has 1 saturated heterocycles. The molecule has 1 unspecified atom stereocenters. The van der Waals surface area contributed by atoms with Crippen LogP contribution in [0.15, 0.2) is 0 Å². The van der Waals surface area contributed by atoms with Gasteiger partial charge < -0.3 is 15.0 Å². The second kappa shape index (κ2) is 10.6. The van der Waals surface area contributed by atoms with Crippen LogP contribution in [0.3, 0.4) is 0 Å². The van der Waals surface area contributed by atoms with Gasteiger partial charge in [-0.05, 0) is 57.5 Å². The predicted octanol–water partition coefficient (Wildman–Crippen LogP) is 3.68. The molecule has 0 aliphatic carbocycles. The fourth-order valence-corrected chi connectivity index (χ4v) is 3.23. The lowest BCUT2D eigenvalue weighted by molar-refractivity contribution is -0.0112. The number of hydrogen-bond donors (Lipinski definition) is 1.